The molecule has 3 rings (SSSR count). The fraction of sp³-hybridized carbons (Fsp3) is 0.650. The van der Waals surface area contributed by atoms with E-state index in [-0.39, 0.29) is 0 Å². The van der Waals surface area contributed by atoms with Gasteiger partial charge in [-0.15, -0.1) is 0 Å². The third-order valence-electron chi connectivity index (χ3n) is 5.46. The molecule has 21 heavy (non-hydrogen) atoms. The molecule has 0 aromatic heterocycles. The average molecular weight is 284 g/mol. The molecule has 0 radical (unpaired) electrons. The zero-order chi connectivity index (χ0) is 14.5. The van der Waals surface area contributed by atoms with Crippen molar-refractivity contribution < 1.29 is 4.79 Å². The van der Waals surface area contributed by atoms with Crippen molar-refractivity contribution in [3.63, 3.8) is 0 Å². The Hall–Kier alpha value is -1.11. The molecule has 0 saturated heterocycles. The van der Waals surface area contributed by atoms with Crippen molar-refractivity contribution in [2.45, 2.75) is 76.5 Å². The van der Waals surface area contributed by atoms with E-state index in [0.717, 1.165) is 12.8 Å². The molecule has 1 aromatic rings. The van der Waals surface area contributed by atoms with Crippen LogP contribution in [-0.4, -0.2) is 5.78 Å². The van der Waals surface area contributed by atoms with Gasteiger partial charge in [0, 0.05) is 12.8 Å². The van der Waals surface area contributed by atoms with Gasteiger partial charge in [-0.05, 0) is 42.2 Å². The van der Waals surface area contributed by atoms with Crippen molar-refractivity contribution in [3.05, 3.63) is 35.4 Å². The summed E-state index contributed by atoms with van der Waals surface area (Å²) < 4.78 is 0. The van der Waals surface area contributed by atoms with Gasteiger partial charge in [-0.3, -0.25) is 4.79 Å². The predicted molar refractivity (Wildman–Crippen MR) is 87.6 cm³/mol. The van der Waals surface area contributed by atoms with Crippen LogP contribution in [0.2, 0.25) is 0 Å². The van der Waals surface area contributed by atoms with Gasteiger partial charge in [0.15, 0.2) is 0 Å². The standard InChI is InChI=1S/C20H28O/c21-19(14-16-8-3-1-2-4-9-16)15-18-12-7-11-17-10-5-6-13-20(17)18/h5-6,10,13,16,18H,1-4,7-9,11-12,14-15H2. The number of Topliss-reactive ketones (excluding diaryl/α,β-unsaturated/α-hetero) is 1. The van der Waals surface area contributed by atoms with Crippen molar-refractivity contribution in [2.24, 2.45) is 5.92 Å². The Morgan fingerprint density at radius 3 is 2.48 bits per heavy atom. The summed E-state index contributed by atoms with van der Waals surface area (Å²) in [5, 5.41) is 0. The lowest BCUT2D eigenvalue weighted by Gasteiger charge is -2.25. The minimum absolute atomic E-state index is 0.494. The maximum absolute atomic E-state index is 12.5. The number of carbonyl (C=O) groups excluding carboxylic acids is 1. The molecule has 0 aliphatic heterocycles. The van der Waals surface area contributed by atoms with Crippen LogP contribution >= 0.6 is 0 Å². The van der Waals surface area contributed by atoms with Gasteiger partial charge in [-0.2, -0.15) is 0 Å². The van der Waals surface area contributed by atoms with E-state index >= 15 is 0 Å². The molecule has 1 saturated carbocycles. The first-order valence-electron chi connectivity index (χ1n) is 8.92. The number of hydrogen-bond donors (Lipinski definition) is 0. The normalized spacial score (nSPS) is 23.3. The molecule has 2 aliphatic rings. The summed E-state index contributed by atoms with van der Waals surface area (Å²) in [6.45, 7) is 0. The summed E-state index contributed by atoms with van der Waals surface area (Å²) in [6, 6.07) is 8.76. The molecule has 0 spiro atoms. The third kappa shape index (κ3) is 3.96. The van der Waals surface area contributed by atoms with Crippen LogP contribution in [0.25, 0.3) is 0 Å². The van der Waals surface area contributed by atoms with Crippen molar-refractivity contribution in [3.8, 4) is 0 Å². The van der Waals surface area contributed by atoms with Crippen LogP contribution in [0.1, 0.15) is 81.3 Å². The van der Waals surface area contributed by atoms with Crippen LogP contribution in [0.5, 0.6) is 0 Å². The number of ketones is 1. The summed E-state index contributed by atoms with van der Waals surface area (Å²) in [7, 11) is 0. The van der Waals surface area contributed by atoms with Crippen LogP contribution in [-0.2, 0) is 11.2 Å². The van der Waals surface area contributed by atoms with E-state index in [1.54, 1.807) is 0 Å². The first kappa shape index (κ1) is 14.8. The number of hydrogen-bond acceptors (Lipinski definition) is 1. The van der Waals surface area contributed by atoms with Gasteiger partial charge in [-0.1, -0.05) is 62.8 Å². The molecule has 0 bridgehead atoms. The Labute approximate surface area is 129 Å². The van der Waals surface area contributed by atoms with E-state index in [9.17, 15) is 4.79 Å². The fourth-order valence-corrected chi connectivity index (χ4v) is 4.31. The molecule has 1 fully saturated rings. The first-order chi connectivity index (χ1) is 10.3. The summed E-state index contributed by atoms with van der Waals surface area (Å²) in [6.07, 6.45) is 13.3. The minimum Gasteiger partial charge on any atom is -0.300 e. The van der Waals surface area contributed by atoms with E-state index in [0.29, 0.717) is 17.6 Å². The summed E-state index contributed by atoms with van der Waals surface area (Å²) in [4.78, 5) is 12.5. The van der Waals surface area contributed by atoms with Crippen LogP contribution in [0.4, 0.5) is 0 Å². The molecule has 1 unspecified atom stereocenters. The highest BCUT2D eigenvalue weighted by atomic mass is 16.1. The molecule has 1 heteroatoms. The summed E-state index contributed by atoms with van der Waals surface area (Å²) >= 11 is 0. The number of fused-ring (bicyclic) bond motifs is 1. The van der Waals surface area contributed by atoms with E-state index in [1.807, 2.05) is 0 Å². The van der Waals surface area contributed by atoms with Crippen molar-refractivity contribution >= 4 is 5.78 Å². The van der Waals surface area contributed by atoms with E-state index < -0.39 is 0 Å². The quantitative estimate of drug-likeness (QED) is 0.674. The fourth-order valence-electron chi connectivity index (χ4n) is 4.31. The maximum atomic E-state index is 12.5. The lowest BCUT2D eigenvalue weighted by atomic mass is 9.79. The largest absolute Gasteiger partial charge is 0.300 e. The Bertz CT molecular complexity index is 468. The smallest absolute Gasteiger partial charge is 0.133 e. The van der Waals surface area contributed by atoms with Crippen molar-refractivity contribution in [1.29, 1.82) is 0 Å². The van der Waals surface area contributed by atoms with Gasteiger partial charge in [0.05, 0.1) is 0 Å². The van der Waals surface area contributed by atoms with Gasteiger partial charge in [0.25, 0.3) is 0 Å². The molecular weight excluding hydrogens is 256 g/mol. The second kappa shape index (κ2) is 7.24. The third-order valence-corrected chi connectivity index (χ3v) is 5.46. The summed E-state index contributed by atoms with van der Waals surface area (Å²) in [5.41, 5.74) is 2.94. The molecule has 1 atom stereocenters. The van der Waals surface area contributed by atoms with E-state index in [2.05, 4.69) is 24.3 Å². The number of aryl methyl sites for hydroxylation is 1. The second-order valence-electron chi connectivity index (χ2n) is 7.09. The monoisotopic (exact) mass is 284 g/mol. The first-order valence-corrected chi connectivity index (χ1v) is 8.92. The SMILES string of the molecule is O=C(CC1CCCCCC1)CC1CCCc2ccccc21. The lowest BCUT2D eigenvalue weighted by molar-refractivity contribution is -0.120. The van der Waals surface area contributed by atoms with E-state index in [1.165, 1.54) is 68.9 Å². The van der Waals surface area contributed by atoms with Crippen molar-refractivity contribution in [2.75, 3.05) is 0 Å². The zero-order valence-electron chi connectivity index (χ0n) is 13.2. The van der Waals surface area contributed by atoms with Gasteiger partial charge in [0.2, 0.25) is 0 Å². The molecule has 0 heterocycles. The van der Waals surface area contributed by atoms with Crippen LogP contribution in [0, 0.1) is 5.92 Å². The Kier molecular flexibility index (Phi) is 5.11. The Morgan fingerprint density at radius 1 is 0.905 bits per heavy atom. The average Bonchev–Trinajstić information content (AvgIpc) is 2.76. The molecule has 0 amide bonds. The number of benzene rings is 1. The van der Waals surface area contributed by atoms with Gasteiger partial charge < -0.3 is 0 Å². The van der Waals surface area contributed by atoms with Gasteiger partial charge in [0.1, 0.15) is 5.78 Å². The molecule has 1 nitrogen and oxygen atoms in total. The highest BCUT2D eigenvalue weighted by molar-refractivity contribution is 5.79. The Balaban J connectivity index is 1.58. The molecule has 2 aliphatic carbocycles. The van der Waals surface area contributed by atoms with Gasteiger partial charge >= 0.3 is 0 Å². The molecule has 1 aromatic carbocycles. The van der Waals surface area contributed by atoms with Crippen molar-refractivity contribution in [1.82, 2.24) is 0 Å². The molecule has 114 valence electrons. The number of carbonyl (C=O) groups is 1. The molecular formula is C20H28O. The second-order valence-corrected chi connectivity index (χ2v) is 7.09. The zero-order valence-corrected chi connectivity index (χ0v) is 13.2. The van der Waals surface area contributed by atoms with E-state index in [4.69, 9.17) is 0 Å². The number of rotatable bonds is 4. The van der Waals surface area contributed by atoms with Crippen LogP contribution in [0.15, 0.2) is 24.3 Å². The Morgan fingerprint density at radius 2 is 1.67 bits per heavy atom. The van der Waals surface area contributed by atoms with Crippen LogP contribution < -0.4 is 0 Å². The van der Waals surface area contributed by atoms with Gasteiger partial charge in [-0.25, -0.2) is 0 Å². The summed E-state index contributed by atoms with van der Waals surface area (Å²) in [5.74, 6) is 1.69. The molecule has 0 N–H and O–H groups in total. The minimum atomic E-state index is 0.494. The maximum Gasteiger partial charge on any atom is 0.133 e. The highest BCUT2D eigenvalue weighted by Crippen LogP contribution is 2.35. The highest BCUT2D eigenvalue weighted by Gasteiger charge is 2.24. The van der Waals surface area contributed by atoms with Crippen LogP contribution in [0.3, 0.4) is 0 Å². The lowest BCUT2D eigenvalue weighted by Crippen LogP contribution is -2.16. The topological polar surface area (TPSA) is 17.1 Å². The predicted octanol–water partition coefficient (Wildman–Crippen LogP) is 5.43.